The lowest BCUT2D eigenvalue weighted by atomic mass is 9.88. The van der Waals surface area contributed by atoms with E-state index >= 15 is 0 Å². The Morgan fingerprint density at radius 1 is 1.19 bits per heavy atom. The number of morpholine rings is 1. The zero-order valence-electron chi connectivity index (χ0n) is 17.1. The van der Waals surface area contributed by atoms with Gasteiger partial charge in [0.15, 0.2) is 6.61 Å². The number of hydrogen-bond donors (Lipinski definition) is 1. The minimum atomic E-state index is -3.82. The number of nitrogens with one attached hydrogen (secondary N) is 1. The van der Waals surface area contributed by atoms with E-state index < -0.39 is 10.0 Å². The van der Waals surface area contributed by atoms with Crippen molar-refractivity contribution in [2.45, 2.75) is 30.2 Å². The van der Waals surface area contributed by atoms with Crippen LogP contribution in [0.3, 0.4) is 0 Å². The highest BCUT2D eigenvalue weighted by Crippen LogP contribution is 2.31. The summed E-state index contributed by atoms with van der Waals surface area (Å²) >= 11 is 6.06. The third kappa shape index (κ3) is 5.03. The summed E-state index contributed by atoms with van der Waals surface area (Å²) in [5.41, 5.74) is 2.38. The lowest BCUT2D eigenvalue weighted by molar-refractivity contribution is -0.124. The van der Waals surface area contributed by atoms with Gasteiger partial charge in [0.2, 0.25) is 10.0 Å². The van der Waals surface area contributed by atoms with Crippen molar-refractivity contribution in [3.8, 4) is 5.75 Å². The Morgan fingerprint density at radius 3 is 2.77 bits per heavy atom. The van der Waals surface area contributed by atoms with E-state index in [1.165, 1.54) is 22.0 Å². The van der Waals surface area contributed by atoms with Gasteiger partial charge in [-0.15, -0.1) is 0 Å². The quantitative estimate of drug-likeness (QED) is 0.710. The van der Waals surface area contributed by atoms with Crippen molar-refractivity contribution >= 4 is 27.5 Å². The molecule has 1 N–H and O–H groups in total. The Bertz CT molecular complexity index is 1050. The van der Waals surface area contributed by atoms with Gasteiger partial charge in [-0.25, -0.2) is 8.42 Å². The predicted octanol–water partition coefficient (Wildman–Crippen LogP) is 2.93. The summed E-state index contributed by atoms with van der Waals surface area (Å²) < 4.78 is 38.4. The number of ether oxygens (including phenoxy) is 2. The molecule has 0 aromatic heterocycles. The molecule has 1 saturated heterocycles. The van der Waals surface area contributed by atoms with E-state index in [0.717, 1.165) is 24.8 Å². The molecule has 4 rings (SSSR count). The molecular weight excluding hydrogens is 440 g/mol. The second kappa shape index (κ2) is 9.56. The number of hydrogen-bond acceptors (Lipinski definition) is 5. The van der Waals surface area contributed by atoms with Gasteiger partial charge < -0.3 is 14.8 Å². The summed E-state index contributed by atoms with van der Waals surface area (Å²) in [5.74, 6) is -0.193. The average molecular weight is 465 g/mol. The number of aryl methyl sites for hydroxylation is 1. The predicted molar refractivity (Wildman–Crippen MR) is 117 cm³/mol. The number of benzene rings is 2. The largest absolute Gasteiger partial charge is 0.482 e. The highest BCUT2D eigenvalue weighted by molar-refractivity contribution is 7.89. The number of rotatable bonds is 6. The summed E-state index contributed by atoms with van der Waals surface area (Å²) in [4.78, 5) is 12.5. The molecule has 166 valence electrons. The van der Waals surface area contributed by atoms with Gasteiger partial charge >= 0.3 is 0 Å². The first-order chi connectivity index (χ1) is 14.9. The highest BCUT2D eigenvalue weighted by Gasteiger charge is 2.30. The van der Waals surface area contributed by atoms with Gasteiger partial charge in [-0.3, -0.25) is 4.79 Å². The van der Waals surface area contributed by atoms with Crippen molar-refractivity contribution in [3.05, 3.63) is 58.6 Å². The van der Waals surface area contributed by atoms with Crippen LogP contribution in [0.15, 0.2) is 47.4 Å². The zero-order chi connectivity index (χ0) is 21.8. The van der Waals surface area contributed by atoms with Crippen LogP contribution in [0.5, 0.6) is 5.75 Å². The van der Waals surface area contributed by atoms with Gasteiger partial charge in [-0.2, -0.15) is 4.31 Å². The van der Waals surface area contributed by atoms with Crippen LogP contribution in [-0.4, -0.2) is 51.5 Å². The zero-order valence-corrected chi connectivity index (χ0v) is 18.6. The second-order valence-corrected chi connectivity index (χ2v) is 9.95. The molecule has 31 heavy (non-hydrogen) atoms. The van der Waals surface area contributed by atoms with Crippen LogP contribution in [0.1, 0.15) is 30.0 Å². The summed E-state index contributed by atoms with van der Waals surface area (Å²) in [7, 11) is -3.82. The van der Waals surface area contributed by atoms with Crippen LogP contribution < -0.4 is 10.1 Å². The molecule has 7 nitrogen and oxygen atoms in total. The topological polar surface area (TPSA) is 84.9 Å². The molecular formula is C22H25ClN2O5S. The Balaban J connectivity index is 1.46. The molecule has 1 heterocycles. The van der Waals surface area contributed by atoms with Crippen molar-refractivity contribution in [2.75, 3.05) is 32.9 Å². The van der Waals surface area contributed by atoms with Crippen LogP contribution in [0.2, 0.25) is 5.02 Å². The third-order valence-corrected chi connectivity index (χ3v) is 7.71. The number of sulfonamides is 1. The van der Waals surface area contributed by atoms with E-state index in [9.17, 15) is 13.2 Å². The van der Waals surface area contributed by atoms with Gasteiger partial charge in [0.25, 0.3) is 5.91 Å². The maximum absolute atomic E-state index is 13.1. The van der Waals surface area contributed by atoms with Crippen molar-refractivity contribution in [1.29, 1.82) is 0 Å². The molecule has 1 atom stereocenters. The van der Waals surface area contributed by atoms with Crippen molar-refractivity contribution in [2.24, 2.45) is 0 Å². The molecule has 9 heteroatoms. The maximum Gasteiger partial charge on any atom is 0.258 e. The molecule has 0 radical (unpaired) electrons. The van der Waals surface area contributed by atoms with Crippen LogP contribution in [0.4, 0.5) is 0 Å². The fourth-order valence-electron chi connectivity index (χ4n) is 4.01. The lowest BCUT2D eigenvalue weighted by Crippen LogP contribution is -2.40. The van der Waals surface area contributed by atoms with Crippen LogP contribution in [0.25, 0.3) is 0 Å². The van der Waals surface area contributed by atoms with E-state index in [-0.39, 0.29) is 47.3 Å². The lowest BCUT2D eigenvalue weighted by Gasteiger charge is -2.27. The molecule has 2 aromatic carbocycles. The number of fused-ring (bicyclic) bond motifs is 1. The molecule has 2 aliphatic rings. The number of nitrogens with zero attached hydrogens (tertiary/aromatic N) is 1. The summed E-state index contributed by atoms with van der Waals surface area (Å²) in [6.07, 6.45) is 2.87. The second-order valence-electron chi connectivity index (χ2n) is 7.61. The summed E-state index contributed by atoms with van der Waals surface area (Å²) in [6, 6.07) is 12.4. The minimum absolute atomic E-state index is 0.0438. The molecule has 1 amide bonds. The van der Waals surface area contributed by atoms with Gasteiger partial charge in [0, 0.05) is 18.1 Å². The van der Waals surface area contributed by atoms with Crippen LogP contribution >= 0.6 is 11.6 Å². The van der Waals surface area contributed by atoms with Gasteiger partial charge in [-0.1, -0.05) is 35.9 Å². The first kappa shape index (κ1) is 22.1. The van der Waals surface area contributed by atoms with E-state index in [4.69, 9.17) is 21.1 Å². The Kier molecular flexibility index (Phi) is 6.81. The number of carbonyl (C=O) groups is 1. The number of carbonyl (C=O) groups excluding carboxylic acids is 1. The molecule has 1 aliphatic carbocycles. The standard InChI is InChI=1S/C22H25ClN2O5S/c23-17-8-9-20(21(14-17)31(27,28)25-10-12-29-13-11-25)30-15-22(26)24-19-7-3-5-16-4-1-2-6-18(16)19/h1-2,4,6,8-9,14,19H,3,5,7,10-13,15H2,(H,24,26)/t19-/m1/s1. The molecule has 1 fully saturated rings. The molecule has 0 bridgehead atoms. The highest BCUT2D eigenvalue weighted by atomic mass is 35.5. The van der Waals surface area contributed by atoms with Crippen LogP contribution in [0, 0.1) is 0 Å². The average Bonchev–Trinajstić information content (AvgIpc) is 2.79. The van der Waals surface area contributed by atoms with E-state index in [1.54, 1.807) is 6.07 Å². The molecule has 0 saturated carbocycles. The van der Waals surface area contributed by atoms with E-state index in [0.29, 0.717) is 13.2 Å². The number of amides is 1. The first-order valence-corrected chi connectivity index (χ1v) is 12.1. The SMILES string of the molecule is O=C(COc1ccc(Cl)cc1S(=O)(=O)N1CCOCC1)N[C@@H]1CCCc2ccccc21. The van der Waals surface area contributed by atoms with Gasteiger partial charge in [0.1, 0.15) is 10.6 Å². The van der Waals surface area contributed by atoms with Crippen molar-refractivity contribution in [1.82, 2.24) is 9.62 Å². The number of halogens is 1. The smallest absolute Gasteiger partial charge is 0.258 e. The third-order valence-electron chi connectivity index (χ3n) is 5.56. The minimum Gasteiger partial charge on any atom is -0.482 e. The van der Waals surface area contributed by atoms with Crippen molar-refractivity contribution < 1.29 is 22.7 Å². The van der Waals surface area contributed by atoms with Crippen molar-refractivity contribution in [3.63, 3.8) is 0 Å². The van der Waals surface area contributed by atoms with Gasteiger partial charge in [-0.05, 0) is 48.6 Å². The van der Waals surface area contributed by atoms with Gasteiger partial charge in [0.05, 0.1) is 19.3 Å². The van der Waals surface area contributed by atoms with E-state index in [2.05, 4.69) is 11.4 Å². The first-order valence-electron chi connectivity index (χ1n) is 10.3. The molecule has 2 aromatic rings. The van der Waals surface area contributed by atoms with Crippen LogP contribution in [-0.2, 0) is 26.0 Å². The Morgan fingerprint density at radius 2 is 1.97 bits per heavy atom. The Labute approximate surface area is 187 Å². The van der Waals surface area contributed by atoms with E-state index in [1.807, 2.05) is 18.2 Å². The molecule has 0 spiro atoms. The summed E-state index contributed by atoms with van der Waals surface area (Å²) in [5, 5.41) is 3.29. The maximum atomic E-state index is 13.1. The Hall–Kier alpha value is -2.13. The molecule has 0 unspecified atom stereocenters. The monoisotopic (exact) mass is 464 g/mol. The normalized spacial score (nSPS) is 19.5. The molecule has 1 aliphatic heterocycles. The fraction of sp³-hybridized carbons (Fsp3) is 0.409. The summed E-state index contributed by atoms with van der Waals surface area (Å²) in [6.45, 7) is 0.903. The fourth-order valence-corrected chi connectivity index (χ4v) is 5.81.